The van der Waals surface area contributed by atoms with Gasteiger partial charge in [-0.2, -0.15) is 5.26 Å². The predicted octanol–water partition coefficient (Wildman–Crippen LogP) is 4.55. The van der Waals surface area contributed by atoms with Gasteiger partial charge in [0.1, 0.15) is 5.65 Å². The highest BCUT2D eigenvalue weighted by atomic mass is 16.4. The number of carboxylic acid groups (broad SMARTS) is 1. The van der Waals surface area contributed by atoms with Gasteiger partial charge in [-0.05, 0) is 48.4 Å². The first-order valence-corrected chi connectivity index (χ1v) is 8.39. The molecule has 0 atom stereocenters. The van der Waals surface area contributed by atoms with Gasteiger partial charge in [-0.15, -0.1) is 0 Å². The monoisotopic (exact) mass is 353 g/mol. The molecule has 0 saturated carbocycles. The highest BCUT2D eigenvalue weighted by Gasteiger charge is 2.11. The Hall–Kier alpha value is -3.91. The summed E-state index contributed by atoms with van der Waals surface area (Å²) in [7, 11) is 0. The van der Waals surface area contributed by atoms with Crippen molar-refractivity contribution in [3.63, 3.8) is 0 Å². The Morgan fingerprint density at radius 3 is 2.37 bits per heavy atom. The topological polar surface area (TPSA) is 78.4 Å². The smallest absolute Gasteiger partial charge is 0.335 e. The van der Waals surface area contributed by atoms with Crippen LogP contribution in [0.1, 0.15) is 21.5 Å². The van der Waals surface area contributed by atoms with Gasteiger partial charge in [0.05, 0.1) is 29.1 Å². The highest BCUT2D eigenvalue weighted by molar-refractivity contribution is 5.88. The minimum absolute atomic E-state index is 0.262. The van der Waals surface area contributed by atoms with E-state index in [1.807, 2.05) is 54.0 Å². The SMILES string of the molecule is Cc1cc2ncc(-c3ccc(C#N)cc3)n2cc1-c1ccc(C(=O)O)cc1. The number of nitrogens with zero attached hydrogens (tertiary/aromatic N) is 3. The van der Waals surface area contributed by atoms with E-state index in [2.05, 4.69) is 11.1 Å². The zero-order valence-corrected chi connectivity index (χ0v) is 14.5. The Bertz CT molecular complexity index is 1200. The number of benzene rings is 2. The van der Waals surface area contributed by atoms with Gasteiger partial charge >= 0.3 is 5.97 Å². The number of aryl methyl sites for hydroxylation is 1. The van der Waals surface area contributed by atoms with Crippen LogP contribution in [0.15, 0.2) is 67.0 Å². The molecule has 0 bridgehead atoms. The summed E-state index contributed by atoms with van der Waals surface area (Å²) in [5, 5.41) is 18.1. The normalized spacial score (nSPS) is 10.7. The molecule has 5 heteroatoms. The van der Waals surface area contributed by atoms with E-state index in [-0.39, 0.29) is 5.56 Å². The predicted molar refractivity (Wildman–Crippen MR) is 102 cm³/mol. The minimum Gasteiger partial charge on any atom is -0.478 e. The molecule has 0 unspecified atom stereocenters. The first-order chi connectivity index (χ1) is 13.1. The van der Waals surface area contributed by atoms with Gasteiger partial charge in [0.25, 0.3) is 0 Å². The maximum Gasteiger partial charge on any atom is 0.335 e. The van der Waals surface area contributed by atoms with Crippen molar-refractivity contribution < 1.29 is 9.90 Å². The lowest BCUT2D eigenvalue weighted by molar-refractivity contribution is 0.0697. The van der Waals surface area contributed by atoms with Crippen LogP contribution in [0.4, 0.5) is 0 Å². The number of fused-ring (bicyclic) bond motifs is 1. The number of imidazole rings is 1. The molecule has 27 heavy (non-hydrogen) atoms. The Labute approximate surface area is 155 Å². The molecule has 0 saturated heterocycles. The van der Waals surface area contributed by atoms with E-state index in [9.17, 15) is 4.79 Å². The molecule has 1 N–H and O–H groups in total. The lowest BCUT2D eigenvalue weighted by Gasteiger charge is -2.10. The van der Waals surface area contributed by atoms with E-state index < -0.39 is 5.97 Å². The third kappa shape index (κ3) is 2.94. The average Bonchev–Trinajstić information content (AvgIpc) is 3.10. The maximum absolute atomic E-state index is 11.1. The maximum atomic E-state index is 11.1. The van der Waals surface area contributed by atoms with Crippen LogP contribution in [0.25, 0.3) is 28.0 Å². The average molecular weight is 353 g/mol. The fraction of sp³-hybridized carbons (Fsp3) is 0.0455. The van der Waals surface area contributed by atoms with Crippen LogP contribution in [0, 0.1) is 18.3 Å². The summed E-state index contributed by atoms with van der Waals surface area (Å²) in [6.07, 6.45) is 3.83. The number of hydrogen-bond donors (Lipinski definition) is 1. The Morgan fingerprint density at radius 1 is 1.07 bits per heavy atom. The molecular formula is C22H15N3O2. The Balaban J connectivity index is 1.84. The number of nitriles is 1. The van der Waals surface area contributed by atoms with Gasteiger partial charge in [-0.25, -0.2) is 9.78 Å². The van der Waals surface area contributed by atoms with E-state index in [1.54, 1.807) is 24.3 Å². The number of aromatic carboxylic acids is 1. The van der Waals surface area contributed by atoms with Crippen molar-refractivity contribution in [1.82, 2.24) is 9.38 Å². The van der Waals surface area contributed by atoms with Gasteiger partial charge in [0.15, 0.2) is 0 Å². The van der Waals surface area contributed by atoms with E-state index in [0.29, 0.717) is 5.56 Å². The summed E-state index contributed by atoms with van der Waals surface area (Å²) in [5.74, 6) is -0.938. The second-order valence-corrected chi connectivity index (χ2v) is 6.31. The van der Waals surface area contributed by atoms with Crippen molar-refractivity contribution in [2.45, 2.75) is 6.92 Å². The molecule has 0 spiro atoms. The summed E-state index contributed by atoms with van der Waals surface area (Å²) in [6, 6.07) is 18.4. The van der Waals surface area contributed by atoms with Crippen molar-refractivity contribution in [1.29, 1.82) is 5.26 Å². The van der Waals surface area contributed by atoms with Crippen LogP contribution in [-0.2, 0) is 0 Å². The number of carboxylic acids is 1. The number of pyridine rings is 1. The largest absolute Gasteiger partial charge is 0.478 e. The van der Waals surface area contributed by atoms with E-state index in [1.165, 1.54) is 0 Å². The van der Waals surface area contributed by atoms with Crippen molar-refractivity contribution in [2.24, 2.45) is 0 Å². The van der Waals surface area contributed by atoms with Crippen molar-refractivity contribution in [3.05, 3.63) is 83.7 Å². The standard InChI is InChI=1S/C22H15N3O2/c1-14-10-21-24-12-20(17-4-2-15(11-23)3-5-17)25(21)13-19(14)16-6-8-18(9-7-16)22(26)27/h2-10,12-13H,1H3,(H,26,27). The second kappa shape index (κ2) is 6.43. The molecule has 0 aliphatic carbocycles. The molecule has 2 aromatic heterocycles. The van der Waals surface area contributed by atoms with Crippen molar-refractivity contribution in [2.75, 3.05) is 0 Å². The van der Waals surface area contributed by atoms with Crippen LogP contribution in [0.5, 0.6) is 0 Å². The molecule has 0 fully saturated rings. The number of carbonyl (C=O) groups is 1. The van der Waals surface area contributed by atoms with Gasteiger partial charge in [0.2, 0.25) is 0 Å². The Morgan fingerprint density at radius 2 is 1.74 bits per heavy atom. The highest BCUT2D eigenvalue weighted by Crippen LogP contribution is 2.28. The van der Waals surface area contributed by atoms with Crippen LogP contribution in [0.2, 0.25) is 0 Å². The third-order valence-electron chi connectivity index (χ3n) is 4.61. The zero-order valence-electron chi connectivity index (χ0n) is 14.5. The fourth-order valence-electron chi connectivity index (χ4n) is 3.14. The summed E-state index contributed by atoms with van der Waals surface area (Å²) in [6.45, 7) is 2.01. The molecule has 0 aliphatic rings. The Kier molecular flexibility index (Phi) is 3.94. The summed E-state index contributed by atoms with van der Waals surface area (Å²) in [4.78, 5) is 15.6. The van der Waals surface area contributed by atoms with E-state index in [0.717, 1.165) is 33.6 Å². The van der Waals surface area contributed by atoms with Crippen LogP contribution >= 0.6 is 0 Å². The molecule has 5 nitrogen and oxygen atoms in total. The van der Waals surface area contributed by atoms with Crippen LogP contribution in [-0.4, -0.2) is 20.5 Å². The van der Waals surface area contributed by atoms with E-state index >= 15 is 0 Å². The first kappa shape index (κ1) is 16.6. The summed E-state index contributed by atoms with van der Waals surface area (Å²) in [5.41, 5.74) is 6.61. The number of aromatic nitrogens is 2. The van der Waals surface area contributed by atoms with Crippen molar-refractivity contribution >= 4 is 11.6 Å². The van der Waals surface area contributed by atoms with Gasteiger partial charge < -0.3 is 5.11 Å². The zero-order chi connectivity index (χ0) is 19.0. The van der Waals surface area contributed by atoms with Crippen LogP contribution in [0.3, 0.4) is 0 Å². The van der Waals surface area contributed by atoms with Gasteiger partial charge in [-0.3, -0.25) is 4.40 Å². The molecule has 2 aromatic carbocycles. The first-order valence-electron chi connectivity index (χ1n) is 8.39. The molecule has 4 rings (SSSR count). The molecule has 0 aliphatic heterocycles. The number of hydrogen-bond acceptors (Lipinski definition) is 3. The number of rotatable bonds is 3. The van der Waals surface area contributed by atoms with Crippen LogP contribution < -0.4 is 0 Å². The molecular weight excluding hydrogens is 338 g/mol. The molecule has 2 heterocycles. The molecule has 0 amide bonds. The summed E-state index contributed by atoms with van der Waals surface area (Å²) < 4.78 is 2.01. The lowest BCUT2D eigenvalue weighted by atomic mass is 10.0. The van der Waals surface area contributed by atoms with Gasteiger partial charge in [-0.1, -0.05) is 24.3 Å². The van der Waals surface area contributed by atoms with Gasteiger partial charge in [0, 0.05) is 17.3 Å². The third-order valence-corrected chi connectivity index (χ3v) is 4.61. The van der Waals surface area contributed by atoms with E-state index in [4.69, 9.17) is 10.4 Å². The molecule has 0 radical (unpaired) electrons. The molecule has 130 valence electrons. The second-order valence-electron chi connectivity index (χ2n) is 6.31. The lowest BCUT2D eigenvalue weighted by Crippen LogP contribution is -1.96. The summed E-state index contributed by atoms with van der Waals surface area (Å²) >= 11 is 0. The quantitative estimate of drug-likeness (QED) is 0.586. The minimum atomic E-state index is -0.938. The molecule has 4 aromatic rings. The van der Waals surface area contributed by atoms with Crippen molar-refractivity contribution in [3.8, 4) is 28.5 Å². The fourth-order valence-corrected chi connectivity index (χ4v) is 3.14.